The third-order valence-corrected chi connectivity index (χ3v) is 2.62. The lowest BCUT2D eigenvalue weighted by molar-refractivity contribution is 0.102. The van der Waals surface area contributed by atoms with Gasteiger partial charge in [-0.1, -0.05) is 0 Å². The van der Waals surface area contributed by atoms with E-state index >= 15 is 0 Å². The highest BCUT2D eigenvalue weighted by molar-refractivity contribution is 9.10. The van der Waals surface area contributed by atoms with E-state index in [0.29, 0.717) is 16.0 Å². The highest BCUT2D eigenvalue weighted by Crippen LogP contribution is 2.10. The van der Waals surface area contributed by atoms with Crippen molar-refractivity contribution < 1.29 is 4.79 Å². The Balaban J connectivity index is 2.14. The van der Waals surface area contributed by atoms with Gasteiger partial charge < -0.3 is 5.32 Å². The smallest absolute Gasteiger partial charge is 0.258 e. The number of halogens is 1. The zero-order chi connectivity index (χ0) is 12.3. The summed E-state index contributed by atoms with van der Waals surface area (Å²) in [6.45, 7) is 1.94. The Hall–Kier alpha value is -1.75. The van der Waals surface area contributed by atoms with E-state index in [0.717, 1.165) is 5.56 Å². The van der Waals surface area contributed by atoms with Gasteiger partial charge in [0.05, 0.1) is 5.56 Å². The van der Waals surface area contributed by atoms with Crippen LogP contribution in [-0.4, -0.2) is 15.9 Å². The molecule has 0 spiro atoms. The number of nitrogens with zero attached hydrogens (tertiary/aromatic N) is 2. The quantitative estimate of drug-likeness (QED) is 0.866. The first-order valence-corrected chi connectivity index (χ1v) is 5.80. The lowest BCUT2D eigenvalue weighted by atomic mass is 10.2. The molecule has 2 heterocycles. The Kier molecular flexibility index (Phi) is 3.49. The van der Waals surface area contributed by atoms with Crippen LogP contribution in [0.4, 0.5) is 5.82 Å². The first-order chi connectivity index (χ1) is 8.15. The topological polar surface area (TPSA) is 54.9 Å². The standard InChI is InChI=1S/C12H10BrN3O/c1-8-4-5-14-11(6-8)16-12(17)9-2-3-10(13)15-7-9/h2-7H,1H3,(H,14,16,17). The number of carbonyl (C=O) groups excluding carboxylic acids is 1. The predicted molar refractivity (Wildman–Crippen MR) is 68.9 cm³/mol. The number of nitrogens with one attached hydrogen (secondary N) is 1. The molecule has 0 atom stereocenters. The van der Waals surface area contributed by atoms with E-state index in [-0.39, 0.29) is 5.91 Å². The van der Waals surface area contributed by atoms with Crippen LogP contribution in [0.1, 0.15) is 15.9 Å². The third-order valence-electron chi connectivity index (χ3n) is 2.15. The molecule has 0 bridgehead atoms. The van der Waals surface area contributed by atoms with Crippen molar-refractivity contribution in [1.29, 1.82) is 0 Å². The van der Waals surface area contributed by atoms with E-state index in [1.54, 1.807) is 18.3 Å². The molecular weight excluding hydrogens is 282 g/mol. The van der Waals surface area contributed by atoms with Gasteiger partial charge in [0.2, 0.25) is 0 Å². The molecule has 86 valence electrons. The van der Waals surface area contributed by atoms with Gasteiger partial charge >= 0.3 is 0 Å². The monoisotopic (exact) mass is 291 g/mol. The van der Waals surface area contributed by atoms with E-state index in [1.165, 1.54) is 6.20 Å². The minimum absolute atomic E-state index is 0.219. The van der Waals surface area contributed by atoms with Gasteiger partial charge in [-0.25, -0.2) is 9.97 Å². The van der Waals surface area contributed by atoms with E-state index in [4.69, 9.17) is 0 Å². The van der Waals surface area contributed by atoms with Crippen LogP contribution in [0.3, 0.4) is 0 Å². The molecular formula is C12H10BrN3O. The van der Waals surface area contributed by atoms with Crippen molar-refractivity contribution >= 4 is 27.7 Å². The second-order valence-corrected chi connectivity index (χ2v) is 4.35. The Morgan fingerprint density at radius 3 is 2.76 bits per heavy atom. The maximum atomic E-state index is 11.8. The molecule has 0 fully saturated rings. The van der Waals surface area contributed by atoms with Crippen LogP contribution in [0, 0.1) is 6.92 Å². The number of amides is 1. The Morgan fingerprint density at radius 1 is 1.29 bits per heavy atom. The zero-order valence-electron chi connectivity index (χ0n) is 9.14. The Morgan fingerprint density at radius 2 is 2.12 bits per heavy atom. The number of anilines is 1. The van der Waals surface area contributed by atoms with Crippen molar-refractivity contribution in [2.24, 2.45) is 0 Å². The van der Waals surface area contributed by atoms with Gasteiger partial charge in [0.1, 0.15) is 10.4 Å². The molecule has 0 saturated heterocycles. The predicted octanol–water partition coefficient (Wildman–Crippen LogP) is 2.80. The minimum Gasteiger partial charge on any atom is -0.307 e. The average molecular weight is 292 g/mol. The number of rotatable bonds is 2. The van der Waals surface area contributed by atoms with Crippen molar-refractivity contribution in [3.63, 3.8) is 0 Å². The Labute approximate surface area is 107 Å². The lowest BCUT2D eigenvalue weighted by Gasteiger charge is -2.04. The summed E-state index contributed by atoms with van der Waals surface area (Å²) in [4.78, 5) is 19.9. The van der Waals surface area contributed by atoms with Crippen LogP contribution < -0.4 is 5.32 Å². The van der Waals surface area contributed by atoms with E-state index in [1.807, 2.05) is 19.1 Å². The molecule has 2 aromatic heterocycles. The Bertz CT molecular complexity index is 540. The SMILES string of the molecule is Cc1ccnc(NC(=O)c2ccc(Br)nc2)c1. The van der Waals surface area contributed by atoms with E-state index < -0.39 is 0 Å². The molecule has 1 N–H and O–H groups in total. The number of hydrogen-bond donors (Lipinski definition) is 1. The fourth-order valence-corrected chi connectivity index (χ4v) is 1.54. The second-order valence-electron chi connectivity index (χ2n) is 3.54. The van der Waals surface area contributed by atoms with Crippen molar-refractivity contribution in [3.05, 3.63) is 52.4 Å². The molecule has 2 aromatic rings. The summed E-state index contributed by atoms with van der Waals surface area (Å²) in [5.74, 6) is 0.320. The second kappa shape index (κ2) is 5.05. The number of aryl methyl sites for hydroxylation is 1. The van der Waals surface area contributed by atoms with E-state index in [9.17, 15) is 4.79 Å². The summed E-state index contributed by atoms with van der Waals surface area (Å²) >= 11 is 3.22. The number of aromatic nitrogens is 2. The first-order valence-electron chi connectivity index (χ1n) is 5.01. The van der Waals surface area contributed by atoms with Crippen molar-refractivity contribution in [2.75, 3.05) is 5.32 Å². The van der Waals surface area contributed by atoms with Gasteiger partial charge in [-0.05, 0) is 52.7 Å². The molecule has 2 rings (SSSR count). The van der Waals surface area contributed by atoms with Gasteiger partial charge in [0, 0.05) is 12.4 Å². The third kappa shape index (κ3) is 3.10. The zero-order valence-corrected chi connectivity index (χ0v) is 10.7. The molecule has 0 saturated carbocycles. The summed E-state index contributed by atoms with van der Waals surface area (Å²) in [6.07, 6.45) is 3.17. The molecule has 0 aliphatic carbocycles. The lowest BCUT2D eigenvalue weighted by Crippen LogP contribution is -2.13. The number of carbonyl (C=O) groups is 1. The average Bonchev–Trinajstić information content (AvgIpc) is 2.29. The van der Waals surface area contributed by atoms with Crippen LogP contribution in [0.5, 0.6) is 0 Å². The van der Waals surface area contributed by atoms with Gasteiger partial charge in [-0.3, -0.25) is 4.79 Å². The summed E-state index contributed by atoms with van der Waals surface area (Å²) in [6, 6.07) is 7.10. The van der Waals surface area contributed by atoms with Crippen LogP contribution in [-0.2, 0) is 0 Å². The maximum absolute atomic E-state index is 11.8. The molecule has 5 heteroatoms. The molecule has 4 nitrogen and oxygen atoms in total. The summed E-state index contributed by atoms with van der Waals surface area (Å²) in [5.41, 5.74) is 1.54. The van der Waals surface area contributed by atoms with Crippen LogP contribution >= 0.6 is 15.9 Å². The fraction of sp³-hybridized carbons (Fsp3) is 0.0833. The molecule has 0 aromatic carbocycles. The van der Waals surface area contributed by atoms with Crippen molar-refractivity contribution in [2.45, 2.75) is 6.92 Å². The molecule has 1 amide bonds. The highest BCUT2D eigenvalue weighted by atomic mass is 79.9. The fourth-order valence-electron chi connectivity index (χ4n) is 1.30. The van der Waals surface area contributed by atoms with Crippen molar-refractivity contribution in [1.82, 2.24) is 9.97 Å². The van der Waals surface area contributed by atoms with Gasteiger partial charge in [0.25, 0.3) is 5.91 Å². The number of pyridine rings is 2. The normalized spacial score (nSPS) is 10.0. The summed E-state index contributed by atoms with van der Waals surface area (Å²) in [7, 11) is 0. The van der Waals surface area contributed by atoms with E-state index in [2.05, 4.69) is 31.2 Å². The summed E-state index contributed by atoms with van der Waals surface area (Å²) < 4.78 is 0.697. The molecule has 0 aliphatic rings. The van der Waals surface area contributed by atoms with Crippen molar-refractivity contribution in [3.8, 4) is 0 Å². The molecule has 0 unspecified atom stereocenters. The van der Waals surface area contributed by atoms with Gasteiger partial charge in [-0.2, -0.15) is 0 Å². The van der Waals surface area contributed by atoms with Crippen LogP contribution in [0.25, 0.3) is 0 Å². The first kappa shape index (κ1) is 11.7. The molecule has 0 aliphatic heterocycles. The van der Waals surface area contributed by atoms with Gasteiger partial charge in [-0.15, -0.1) is 0 Å². The maximum Gasteiger partial charge on any atom is 0.258 e. The van der Waals surface area contributed by atoms with Gasteiger partial charge in [0.15, 0.2) is 0 Å². The number of hydrogen-bond acceptors (Lipinski definition) is 3. The van der Waals surface area contributed by atoms with Crippen LogP contribution in [0.2, 0.25) is 0 Å². The summed E-state index contributed by atoms with van der Waals surface area (Å²) in [5, 5.41) is 2.71. The highest BCUT2D eigenvalue weighted by Gasteiger charge is 2.06. The van der Waals surface area contributed by atoms with Crippen LogP contribution in [0.15, 0.2) is 41.3 Å². The molecule has 17 heavy (non-hydrogen) atoms. The minimum atomic E-state index is -0.219. The largest absolute Gasteiger partial charge is 0.307 e. The molecule has 0 radical (unpaired) electrons.